The third-order valence-corrected chi connectivity index (χ3v) is 1.17. The molecule has 0 heterocycles. The van der Waals surface area contributed by atoms with E-state index in [1.807, 2.05) is 18.2 Å². The first kappa shape index (κ1) is 13.7. The summed E-state index contributed by atoms with van der Waals surface area (Å²) >= 11 is -0.305. The molecule has 0 aliphatic carbocycles. The normalized spacial score (nSPS) is 7.27. The van der Waals surface area contributed by atoms with Gasteiger partial charge in [-0.1, -0.05) is 18.2 Å². The monoisotopic (exact) mass is 184 g/mol. The van der Waals surface area contributed by atoms with Crippen molar-refractivity contribution in [2.45, 2.75) is 0 Å². The number of hydrogen-bond donors (Lipinski definition) is 1. The summed E-state index contributed by atoms with van der Waals surface area (Å²) in [6, 6.07) is 8.99. The molecule has 0 unspecified atom stereocenters. The molecular weight excluding hydrogens is 175 g/mol. The van der Waals surface area contributed by atoms with Crippen molar-refractivity contribution in [3.63, 3.8) is 0 Å². The summed E-state index contributed by atoms with van der Waals surface area (Å²) in [5, 5.41) is 0. The van der Waals surface area contributed by atoms with Crippen LogP contribution in [0, 0.1) is 0 Å². The molecular formula is C6H9NaO3S. The maximum absolute atomic E-state index is 9.85. The zero-order chi connectivity index (χ0) is 6.53. The molecule has 0 saturated heterocycles. The molecule has 58 valence electrons. The predicted octanol–water partition coefficient (Wildman–Crippen LogP) is -0.548. The molecule has 0 fully saturated rings. The van der Waals surface area contributed by atoms with Crippen LogP contribution < -0.4 is 4.18 Å². The Hall–Kier alpha value is 0.130. The van der Waals surface area contributed by atoms with Gasteiger partial charge in [-0.05, 0) is 12.1 Å². The summed E-state index contributed by atoms with van der Waals surface area (Å²) in [6.45, 7) is 0. The van der Waals surface area contributed by atoms with E-state index in [9.17, 15) is 4.21 Å². The number of benzene rings is 1. The van der Waals surface area contributed by atoms with E-state index < -0.39 is 0 Å². The second-order valence-corrected chi connectivity index (χ2v) is 1.81. The average molecular weight is 184 g/mol. The van der Waals surface area contributed by atoms with Crippen molar-refractivity contribution >= 4 is 41.5 Å². The van der Waals surface area contributed by atoms with Crippen molar-refractivity contribution in [1.29, 1.82) is 0 Å². The van der Waals surface area contributed by atoms with Crippen LogP contribution in [0.5, 0.6) is 5.75 Å². The summed E-state index contributed by atoms with van der Waals surface area (Å²) in [6.07, 6.45) is 0. The first-order chi connectivity index (χ1) is 4.43. The quantitative estimate of drug-likeness (QED) is 0.495. The van der Waals surface area contributed by atoms with Crippen LogP contribution in [0.15, 0.2) is 30.3 Å². The van der Waals surface area contributed by atoms with Gasteiger partial charge in [-0.3, -0.25) is 0 Å². The molecule has 0 aliphatic rings. The molecule has 0 saturated carbocycles. The Labute approximate surface area is 91.1 Å². The minimum absolute atomic E-state index is 0. The van der Waals surface area contributed by atoms with Gasteiger partial charge in [-0.2, -0.15) is 0 Å². The molecule has 0 atom stereocenters. The SMILES string of the molecule is O.O=[SH]Oc1ccccc1.[NaH]. The Kier molecular flexibility index (Phi) is 10.2. The Balaban J connectivity index is 0. The Morgan fingerprint density at radius 1 is 1.18 bits per heavy atom. The van der Waals surface area contributed by atoms with Gasteiger partial charge in [-0.25, -0.2) is 4.21 Å². The van der Waals surface area contributed by atoms with Gasteiger partial charge in [0.2, 0.25) is 0 Å². The third-order valence-electron chi connectivity index (χ3n) is 0.886. The van der Waals surface area contributed by atoms with Gasteiger partial charge in [0.1, 0.15) is 5.75 Å². The molecule has 0 bridgehead atoms. The van der Waals surface area contributed by atoms with Crippen LogP contribution in [-0.2, 0) is 11.9 Å². The number of hydrogen-bond acceptors (Lipinski definition) is 2. The molecule has 5 heteroatoms. The van der Waals surface area contributed by atoms with E-state index in [1.165, 1.54) is 0 Å². The van der Waals surface area contributed by atoms with Gasteiger partial charge in [-0.15, -0.1) is 0 Å². The van der Waals surface area contributed by atoms with Gasteiger partial charge in [0.05, 0.1) is 0 Å². The van der Waals surface area contributed by atoms with Crippen LogP contribution in [-0.4, -0.2) is 39.2 Å². The fraction of sp³-hybridized carbons (Fsp3) is 0. The van der Waals surface area contributed by atoms with E-state index in [0.29, 0.717) is 5.75 Å². The zero-order valence-corrected chi connectivity index (χ0v) is 6.04. The van der Waals surface area contributed by atoms with Crippen LogP contribution >= 0.6 is 0 Å². The molecule has 11 heavy (non-hydrogen) atoms. The molecule has 0 radical (unpaired) electrons. The van der Waals surface area contributed by atoms with Gasteiger partial charge < -0.3 is 9.66 Å². The molecule has 1 rings (SSSR count). The average Bonchev–Trinajstić information content (AvgIpc) is 1.91. The third kappa shape index (κ3) is 5.41. The van der Waals surface area contributed by atoms with E-state index in [-0.39, 0.29) is 47.0 Å². The molecule has 0 spiro atoms. The first-order valence-corrected chi connectivity index (χ1v) is 3.21. The van der Waals surface area contributed by atoms with Crippen LogP contribution in [0.3, 0.4) is 0 Å². The summed E-state index contributed by atoms with van der Waals surface area (Å²) in [5.41, 5.74) is 0. The van der Waals surface area contributed by atoms with E-state index in [0.717, 1.165) is 0 Å². The second kappa shape index (κ2) is 8.23. The van der Waals surface area contributed by atoms with Gasteiger partial charge in [0, 0.05) is 0 Å². The fourth-order valence-corrected chi connectivity index (χ4v) is 0.732. The molecule has 0 amide bonds. The molecule has 1 aromatic carbocycles. The Morgan fingerprint density at radius 2 is 1.73 bits per heavy atom. The van der Waals surface area contributed by atoms with E-state index in [1.54, 1.807) is 12.1 Å². The summed E-state index contributed by atoms with van der Waals surface area (Å²) < 4.78 is 14.5. The number of rotatable bonds is 2. The van der Waals surface area contributed by atoms with Crippen LogP contribution in [0.25, 0.3) is 0 Å². The van der Waals surface area contributed by atoms with Crippen molar-refractivity contribution in [3.8, 4) is 5.75 Å². The van der Waals surface area contributed by atoms with Crippen molar-refractivity contribution in [2.24, 2.45) is 0 Å². The number of para-hydroxylation sites is 1. The predicted molar refractivity (Wildman–Crippen MR) is 47.4 cm³/mol. The molecule has 3 nitrogen and oxygen atoms in total. The maximum atomic E-state index is 9.85. The van der Waals surface area contributed by atoms with Crippen LogP contribution in [0.1, 0.15) is 0 Å². The molecule has 0 aliphatic heterocycles. The fourth-order valence-electron chi connectivity index (χ4n) is 0.524. The standard InChI is InChI=1S/C6H6O2S.Na.H2O.H/c7-9-8-6-4-2-1-3-5-6;;;/h1-5,9H;;1H2;. The summed E-state index contributed by atoms with van der Waals surface area (Å²) in [7, 11) is 0. The van der Waals surface area contributed by atoms with E-state index >= 15 is 0 Å². The zero-order valence-electron chi connectivity index (χ0n) is 5.15. The minimum atomic E-state index is -0.305. The molecule has 0 aromatic heterocycles. The van der Waals surface area contributed by atoms with Crippen LogP contribution in [0.2, 0.25) is 0 Å². The van der Waals surface area contributed by atoms with Crippen LogP contribution in [0.4, 0.5) is 0 Å². The molecule has 2 N–H and O–H groups in total. The molecule has 1 aromatic rings. The number of thiol groups is 1. The Morgan fingerprint density at radius 3 is 2.18 bits per heavy atom. The van der Waals surface area contributed by atoms with E-state index in [2.05, 4.69) is 4.18 Å². The van der Waals surface area contributed by atoms with Crippen molar-refractivity contribution in [2.75, 3.05) is 0 Å². The van der Waals surface area contributed by atoms with Crippen molar-refractivity contribution < 1.29 is 13.9 Å². The van der Waals surface area contributed by atoms with E-state index in [4.69, 9.17) is 0 Å². The second-order valence-electron chi connectivity index (χ2n) is 1.48. The first-order valence-electron chi connectivity index (χ1n) is 2.48. The van der Waals surface area contributed by atoms with Gasteiger partial charge in [0.15, 0.2) is 11.9 Å². The Bertz CT molecular complexity index is 192. The van der Waals surface area contributed by atoms with Crippen molar-refractivity contribution in [3.05, 3.63) is 30.3 Å². The summed E-state index contributed by atoms with van der Waals surface area (Å²) in [5.74, 6) is 0.620. The topological polar surface area (TPSA) is 57.8 Å². The summed E-state index contributed by atoms with van der Waals surface area (Å²) in [4.78, 5) is 0. The van der Waals surface area contributed by atoms with Gasteiger partial charge >= 0.3 is 29.6 Å². The van der Waals surface area contributed by atoms with Gasteiger partial charge in [0.25, 0.3) is 0 Å². The van der Waals surface area contributed by atoms with Crippen molar-refractivity contribution in [1.82, 2.24) is 0 Å².